The molecule has 2 N–H and O–H groups in total. The summed E-state index contributed by atoms with van der Waals surface area (Å²) in [5.41, 5.74) is 4.81. The second kappa shape index (κ2) is 10.1. The van der Waals surface area contributed by atoms with Crippen LogP contribution in [0.15, 0.2) is 47.4 Å². The van der Waals surface area contributed by atoms with Gasteiger partial charge in [0.15, 0.2) is 11.5 Å². The van der Waals surface area contributed by atoms with Crippen molar-refractivity contribution in [1.29, 1.82) is 0 Å². The minimum absolute atomic E-state index is 0.175. The van der Waals surface area contributed by atoms with E-state index in [1.165, 1.54) is 16.5 Å². The minimum Gasteiger partial charge on any atom is -0.377 e. The maximum absolute atomic E-state index is 13.5. The summed E-state index contributed by atoms with van der Waals surface area (Å²) in [4.78, 5) is 40.0. The third-order valence-electron chi connectivity index (χ3n) is 6.17. The van der Waals surface area contributed by atoms with Gasteiger partial charge in [0, 0.05) is 25.9 Å². The molecule has 5 aromatic rings. The summed E-state index contributed by atoms with van der Waals surface area (Å²) >= 11 is 7.25. The van der Waals surface area contributed by atoms with Crippen LogP contribution in [0.2, 0.25) is 5.15 Å². The number of hydrogen-bond donors (Lipinski definition) is 2. The predicted molar refractivity (Wildman–Crippen MR) is 151 cm³/mol. The van der Waals surface area contributed by atoms with Gasteiger partial charge >= 0.3 is 0 Å². The van der Waals surface area contributed by atoms with Crippen LogP contribution in [0.5, 0.6) is 0 Å². The number of aromatic nitrogens is 6. The van der Waals surface area contributed by atoms with Crippen molar-refractivity contribution in [2.45, 2.75) is 19.9 Å². The Kier molecular flexibility index (Phi) is 6.80. The molecule has 1 unspecified atom stereocenters. The smallest absolute Gasteiger partial charge is 0.281 e. The van der Waals surface area contributed by atoms with Gasteiger partial charge in [-0.05, 0) is 49.7 Å². The SMILES string of the molecule is CSNC(=O)c1nc(Cl)ccc1NC(C)c1cc(C)cc2c(=O)n(C)c(-c3ccc4nn(C)cc4n3)nc12. The first-order chi connectivity index (χ1) is 18.2. The molecule has 1 atom stereocenters. The average Bonchev–Trinajstić information content (AvgIpc) is 3.26. The van der Waals surface area contributed by atoms with Crippen LogP contribution < -0.4 is 15.6 Å². The molecule has 4 aromatic heterocycles. The van der Waals surface area contributed by atoms with E-state index in [0.717, 1.165) is 16.6 Å². The number of pyridine rings is 2. The van der Waals surface area contributed by atoms with Crippen molar-refractivity contribution < 1.29 is 4.79 Å². The van der Waals surface area contributed by atoms with Gasteiger partial charge in [-0.25, -0.2) is 15.0 Å². The van der Waals surface area contributed by atoms with E-state index in [1.807, 2.05) is 51.4 Å². The second-order valence-corrected chi connectivity index (χ2v) is 9.98. The topological polar surface area (TPSA) is 120 Å². The van der Waals surface area contributed by atoms with Gasteiger partial charge in [-0.3, -0.25) is 23.6 Å². The number of amides is 1. The number of carbonyl (C=O) groups excluding carboxylic acids is 1. The predicted octanol–water partition coefficient (Wildman–Crippen LogP) is 4.42. The van der Waals surface area contributed by atoms with Gasteiger partial charge in [0.2, 0.25) is 0 Å². The highest BCUT2D eigenvalue weighted by Gasteiger charge is 2.21. The van der Waals surface area contributed by atoms with E-state index < -0.39 is 0 Å². The van der Waals surface area contributed by atoms with Gasteiger partial charge < -0.3 is 5.32 Å². The maximum Gasteiger partial charge on any atom is 0.281 e. The molecule has 0 bridgehead atoms. The van der Waals surface area contributed by atoms with E-state index in [4.69, 9.17) is 21.6 Å². The van der Waals surface area contributed by atoms with Crippen molar-refractivity contribution in [3.8, 4) is 11.5 Å². The van der Waals surface area contributed by atoms with E-state index in [1.54, 1.807) is 30.1 Å². The Morgan fingerprint density at radius 2 is 1.87 bits per heavy atom. The normalized spacial score (nSPS) is 12.2. The molecule has 0 spiro atoms. The lowest BCUT2D eigenvalue weighted by molar-refractivity contribution is 0.0980. The maximum atomic E-state index is 13.5. The second-order valence-electron chi connectivity index (χ2n) is 8.99. The molecule has 10 nitrogen and oxygen atoms in total. The molecular weight excluding hydrogens is 524 g/mol. The van der Waals surface area contributed by atoms with E-state index in [9.17, 15) is 9.59 Å². The lowest BCUT2D eigenvalue weighted by Gasteiger charge is -2.20. The molecule has 12 heteroatoms. The molecule has 38 heavy (non-hydrogen) atoms. The monoisotopic (exact) mass is 548 g/mol. The molecule has 0 aliphatic carbocycles. The van der Waals surface area contributed by atoms with Crippen LogP contribution in [0.25, 0.3) is 33.5 Å². The number of aryl methyl sites for hydroxylation is 2. The number of nitrogens with one attached hydrogen (secondary N) is 2. The number of benzene rings is 1. The fourth-order valence-electron chi connectivity index (χ4n) is 4.44. The Morgan fingerprint density at radius 1 is 1.08 bits per heavy atom. The third-order valence-corrected chi connectivity index (χ3v) is 6.77. The van der Waals surface area contributed by atoms with Crippen molar-refractivity contribution in [1.82, 2.24) is 34.0 Å². The molecule has 5 rings (SSSR count). The molecule has 0 aliphatic rings. The highest BCUT2D eigenvalue weighted by atomic mass is 35.5. The number of hydrogen-bond acceptors (Lipinski definition) is 8. The standard InChI is InChI=1S/C26H25ClN8O2S/c1-13-10-15(14(2)28-18-8-9-21(27)30-23(18)25(36)33-38-5)22-16(11-13)26(37)35(4)24(31-22)19-7-6-17-20(29-19)12-34(3)32-17/h6-12,14,28H,1-5H3,(H,33,36). The molecular formula is C26H25ClN8O2S. The van der Waals surface area contributed by atoms with Crippen molar-refractivity contribution in [3.63, 3.8) is 0 Å². The fourth-order valence-corrected chi connectivity index (χ4v) is 4.87. The zero-order valence-corrected chi connectivity index (χ0v) is 23.0. The van der Waals surface area contributed by atoms with Gasteiger partial charge in [0.25, 0.3) is 11.5 Å². The molecule has 194 valence electrons. The Balaban J connectivity index is 1.64. The molecule has 0 saturated heterocycles. The van der Waals surface area contributed by atoms with Crippen molar-refractivity contribution >= 4 is 57.1 Å². The molecule has 0 saturated carbocycles. The van der Waals surface area contributed by atoms with Crippen LogP contribution in [-0.2, 0) is 14.1 Å². The Hall–Kier alpha value is -3.96. The molecule has 0 aliphatic heterocycles. The first-order valence-corrected chi connectivity index (χ1v) is 13.3. The zero-order valence-electron chi connectivity index (χ0n) is 21.4. The highest BCUT2D eigenvalue weighted by Crippen LogP contribution is 2.29. The number of rotatable bonds is 6. The van der Waals surface area contributed by atoms with E-state index in [2.05, 4.69) is 20.1 Å². The molecule has 0 radical (unpaired) electrons. The third kappa shape index (κ3) is 4.70. The lowest BCUT2D eigenvalue weighted by Crippen LogP contribution is -2.23. The summed E-state index contributed by atoms with van der Waals surface area (Å²) in [5, 5.41) is 8.45. The summed E-state index contributed by atoms with van der Waals surface area (Å²) in [7, 11) is 3.53. The van der Waals surface area contributed by atoms with Crippen molar-refractivity contribution in [2.75, 3.05) is 11.6 Å². The summed E-state index contributed by atoms with van der Waals surface area (Å²) in [6.45, 7) is 3.87. The average molecular weight is 549 g/mol. The van der Waals surface area contributed by atoms with Crippen LogP contribution in [0.4, 0.5) is 5.69 Å². The number of nitrogens with zero attached hydrogens (tertiary/aromatic N) is 6. The van der Waals surface area contributed by atoms with Gasteiger partial charge in [0.05, 0.1) is 28.8 Å². The lowest BCUT2D eigenvalue weighted by atomic mass is 10.0. The van der Waals surface area contributed by atoms with Gasteiger partial charge in [-0.15, -0.1) is 0 Å². The quantitative estimate of drug-likeness (QED) is 0.236. The number of anilines is 1. The summed E-state index contributed by atoms with van der Waals surface area (Å²) in [6.07, 6.45) is 3.57. The van der Waals surface area contributed by atoms with Gasteiger partial charge in [-0.1, -0.05) is 29.6 Å². The largest absolute Gasteiger partial charge is 0.377 e. The Bertz CT molecular complexity index is 1780. The van der Waals surface area contributed by atoms with Gasteiger partial charge in [-0.2, -0.15) is 5.10 Å². The van der Waals surface area contributed by atoms with Crippen LogP contribution >= 0.6 is 23.5 Å². The Labute approximate surface area is 227 Å². The molecule has 1 aromatic carbocycles. The highest BCUT2D eigenvalue weighted by molar-refractivity contribution is 7.97. The number of halogens is 1. The first kappa shape index (κ1) is 25.7. The van der Waals surface area contributed by atoms with E-state index in [0.29, 0.717) is 33.6 Å². The number of carbonyl (C=O) groups is 1. The van der Waals surface area contributed by atoms with Crippen LogP contribution in [0.3, 0.4) is 0 Å². The van der Waals surface area contributed by atoms with Gasteiger partial charge in [0.1, 0.15) is 21.9 Å². The van der Waals surface area contributed by atoms with Crippen molar-refractivity contribution in [3.05, 3.63) is 74.9 Å². The van der Waals surface area contributed by atoms with Crippen LogP contribution in [-0.4, -0.2) is 41.5 Å². The van der Waals surface area contributed by atoms with Crippen molar-refractivity contribution in [2.24, 2.45) is 14.1 Å². The molecule has 0 fully saturated rings. The van der Waals surface area contributed by atoms with Crippen LogP contribution in [0, 0.1) is 6.92 Å². The van der Waals surface area contributed by atoms with Crippen LogP contribution in [0.1, 0.15) is 34.6 Å². The van der Waals surface area contributed by atoms with E-state index in [-0.39, 0.29) is 28.4 Å². The number of fused-ring (bicyclic) bond motifs is 2. The first-order valence-electron chi connectivity index (χ1n) is 11.7. The fraction of sp³-hybridized carbons (Fsp3) is 0.231. The summed E-state index contributed by atoms with van der Waals surface area (Å²) in [6, 6.07) is 10.5. The Morgan fingerprint density at radius 3 is 2.63 bits per heavy atom. The zero-order chi connectivity index (χ0) is 27.1. The molecule has 4 heterocycles. The molecule has 1 amide bonds. The summed E-state index contributed by atoms with van der Waals surface area (Å²) < 4.78 is 5.89. The minimum atomic E-state index is -0.366. The van der Waals surface area contributed by atoms with E-state index >= 15 is 0 Å². The summed E-state index contributed by atoms with van der Waals surface area (Å²) in [5.74, 6) is 0.0775.